The van der Waals surface area contributed by atoms with Crippen molar-refractivity contribution in [3.05, 3.63) is 83.9 Å². The van der Waals surface area contributed by atoms with Gasteiger partial charge in [0.1, 0.15) is 0 Å². The van der Waals surface area contributed by atoms with Crippen LogP contribution in [0, 0.1) is 0 Å². The third kappa shape index (κ3) is 3.61. The molecule has 0 bridgehead atoms. The number of H-pyrrole nitrogens is 1. The minimum atomic E-state index is 0.801. The Balaban J connectivity index is 1.61. The van der Waals surface area contributed by atoms with Gasteiger partial charge in [0, 0.05) is 40.9 Å². The maximum Gasteiger partial charge on any atom is 0.0518 e. The van der Waals surface area contributed by atoms with Crippen LogP contribution in [-0.4, -0.2) is 11.5 Å². The van der Waals surface area contributed by atoms with Crippen molar-refractivity contribution in [2.45, 2.75) is 32.2 Å². The normalized spacial score (nSPS) is 14.6. The molecule has 1 aliphatic heterocycles. The van der Waals surface area contributed by atoms with Crippen LogP contribution in [-0.2, 0) is 13.0 Å². The molecule has 1 aliphatic rings. The molecule has 3 heteroatoms. The molecule has 0 fully saturated rings. The summed E-state index contributed by atoms with van der Waals surface area (Å²) in [7, 11) is 0. The Bertz CT molecular complexity index is 1130. The van der Waals surface area contributed by atoms with Crippen molar-refractivity contribution in [3.63, 3.8) is 0 Å². The molecule has 0 unspecified atom stereocenters. The highest BCUT2D eigenvalue weighted by Crippen LogP contribution is 2.36. The predicted octanol–water partition coefficient (Wildman–Crippen LogP) is 6.59. The van der Waals surface area contributed by atoms with Gasteiger partial charge in [0.2, 0.25) is 0 Å². The average molecular weight is 382 g/mol. The molecule has 2 heterocycles. The summed E-state index contributed by atoms with van der Waals surface area (Å²) in [6, 6.07) is 26.0. The molecule has 1 aromatic heterocycles. The van der Waals surface area contributed by atoms with E-state index in [4.69, 9.17) is 0 Å². The lowest BCUT2D eigenvalue weighted by Gasteiger charge is -2.17. The van der Waals surface area contributed by atoms with Crippen molar-refractivity contribution in [1.29, 1.82) is 0 Å². The van der Waals surface area contributed by atoms with Gasteiger partial charge in [-0.15, -0.1) is 0 Å². The lowest BCUT2D eigenvalue weighted by molar-refractivity contribution is 0.700. The Morgan fingerprint density at radius 1 is 0.655 bits per heavy atom. The van der Waals surface area contributed by atoms with Gasteiger partial charge in [-0.3, -0.25) is 0 Å². The minimum absolute atomic E-state index is 0.801. The number of aromatic nitrogens is 1. The van der Waals surface area contributed by atoms with Crippen LogP contribution in [0.15, 0.2) is 72.8 Å². The van der Waals surface area contributed by atoms with Crippen LogP contribution in [0.2, 0.25) is 0 Å². The van der Waals surface area contributed by atoms with E-state index in [1.54, 1.807) is 0 Å². The van der Waals surface area contributed by atoms with Crippen LogP contribution >= 0.6 is 0 Å². The highest BCUT2D eigenvalue weighted by atomic mass is 14.9. The Hall–Kier alpha value is -3.20. The van der Waals surface area contributed by atoms with Gasteiger partial charge in [0.05, 0.1) is 5.69 Å². The van der Waals surface area contributed by atoms with Crippen LogP contribution < -0.4 is 10.6 Å². The zero-order chi connectivity index (χ0) is 19.5. The SMILES string of the molecule is c1ccc2c(c1)CNc1ccccc1-c1[nH]c3ccccc3c1CCCCCN2. The summed E-state index contributed by atoms with van der Waals surface area (Å²) in [5, 5.41) is 8.69. The number of nitrogens with one attached hydrogen (secondary N) is 3. The number of benzene rings is 3. The molecule has 4 aromatic rings. The fraction of sp³-hybridized carbons (Fsp3) is 0.231. The maximum atomic E-state index is 3.72. The van der Waals surface area contributed by atoms with E-state index in [0.29, 0.717) is 0 Å². The van der Waals surface area contributed by atoms with Crippen molar-refractivity contribution >= 4 is 22.3 Å². The standard InChI is InChI=1S/C26H27N3/c1-2-12-21-20-11-4-8-16-25(20)29-26(21)22-13-5-7-15-24(22)28-18-19-10-3-6-14-23(19)27-17-9-1/h3-8,10-11,13-16,27-29H,1-2,9,12,17-18H2. The van der Waals surface area contributed by atoms with Gasteiger partial charge in [-0.05, 0) is 48.6 Å². The van der Waals surface area contributed by atoms with Gasteiger partial charge < -0.3 is 15.6 Å². The van der Waals surface area contributed by atoms with Gasteiger partial charge in [0.25, 0.3) is 0 Å². The summed E-state index contributed by atoms with van der Waals surface area (Å²) < 4.78 is 0. The van der Waals surface area contributed by atoms with Gasteiger partial charge in [0.15, 0.2) is 0 Å². The topological polar surface area (TPSA) is 39.9 Å². The van der Waals surface area contributed by atoms with Crippen molar-refractivity contribution in [1.82, 2.24) is 4.98 Å². The number of rotatable bonds is 0. The third-order valence-corrected chi connectivity index (χ3v) is 5.92. The zero-order valence-electron chi connectivity index (χ0n) is 16.7. The lowest BCUT2D eigenvalue weighted by atomic mass is 9.98. The molecule has 29 heavy (non-hydrogen) atoms. The molecular weight excluding hydrogens is 354 g/mol. The van der Waals surface area contributed by atoms with E-state index < -0.39 is 0 Å². The molecule has 0 saturated carbocycles. The Morgan fingerprint density at radius 2 is 1.45 bits per heavy atom. The molecule has 0 atom stereocenters. The fourth-order valence-corrected chi connectivity index (χ4v) is 4.41. The summed E-state index contributed by atoms with van der Waals surface area (Å²) in [4.78, 5) is 3.72. The number of para-hydroxylation sites is 3. The molecule has 0 amide bonds. The Morgan fingerprint density at radius 3 is 2.41 bits per heavy atom. The summed E-state index contributed by atoms with van der Waals surface area (Å²) in [5.74, 6) is 0. The first-order chi connectivity index (χ1) is 14.4. The molecule has 3 aromatic carbocycles. The van der Waals surface area contributed by atoms with Crippen LogP contribution in [0.3, 0.4) is 0 Å². The van der Waals surface area contributed by atoms with Crippen LogP contribution in [0.5, 0.6) is 0 Å². The second-order valence-corrected chi connectivity index (χ2v) is 7.82. The minimum Gasteiger partial charge on any atom is -0.385 e. The van der Waals surface area contributed by atoms with Gasteiger partial charge in [-0.25, -0.2) is 0 Å². The first kappa shape index (κ1) is 17.9. The molecule has 0 radical (unpaired) electrons. The second kappa shape index (κ2) is 8.04. The monoisotopic (exact) mass is 381 g/mol. The molecule has 5 rings (SSSR count). The lowest BCUT2D eigenvalue weighted by Crippen LogP contribution is -2.08. The molecule has 0 spiro atoms. The highest BCUT2D eigenvalue weighted by molar-refractivity contribution is 5.93. The smallest absolute Gasteiger partial charge is 0.0518 e. The number of hydrogen-bond donors (Lipinski definition) is 3. The summed E-state index contributed by atoms with van der Waals surface area (Å²) in [6.45, 7) is 1.82. The zero-order valence-corrected chi connectivity index (χ0v) is 16.7. The number of aromatic amines is 1. The summed E-state index contributed by atoms with van der Waals surface area (Å²) in [5.41, 5.74) is 8.90. The van der Waals surface area contributed by atoms with E-state index in [1.807, 2.05) is 0 Å². The third-order valence-electron chi connectivity index (χ3n) is 5.92. The summed E-state index contributed by atoms with van der Waals surface area (Å²) in [6.07, 6.45) is 4.72. The maximum absolute atomic E-state index is 3.72. The first-order valence-corrected chi connectivity index (χ1v) is 10.6. The quantitative estimate of drug-likeness (QED) is 0.322. The van der Waals surface area contributed by atoms with E-state index in [2.05, 4.69) is 88.4 Å². The molecule has 0 aliphatic carbocycles. The summed E-state index contributed by atoms with van der Waals surface area (Å²) >= 11 is 0. The molecular formula is C26H27N3. The Kier molecular flexibility index (Phi) is 4.95. The van der Waals surface area contributed by atoms with Crippen LogP contribution in [0.4, 0.5) is 11.4 Å². The largest absolute Gasteiger partial charge is 0.385 e. The molecule has 146 valence electrons. The number of fused-ring (bicyclic) bond motifs is 6. The van der Waals surface area contributed by atoms with Crippen LogP contribution in [0.1, 0.15) is 30.4 Å². The van der Waals surface area contributed by atoms with E-state index in [-0.39, 0.29) is 0 Å². The van der Waals surface area contributed by atoms with E-state index in [0.717, 1.165) is 19.5 Å². The van der Waals surface area contributed by atoms with Crippen molar-refractivity contribution in [2.24, 2.45) is 0 Å². The van der Waals surface area contributed by atoms with E-state index in [9.17, 15) is 0 Å². The number of anilines is 2. The van der Waals surface area contributed by atoms with Crippen molar-refractivity contribution in [3.8, 4) is 11.3 Å². The van der Waals surface area contributed by atoms with Crippen molar-refractivity contribution < 1.29 is 0 Å². The van der Waals surface area contributed by atoms with Crippen molar-refractivity contribution in [2.75, 3.05) is 17.2 Å². The number of aryl methyl sites for hydroxylation is 1. The highest BCUT2D eigenvalue weighted by Gasteiger charge is 2.16. The van der Waals surface area contributed by atoms with Gasteiger partial charge in [-0.1, -0.05) is 61.0 Å². The van der Waals surface area contributed by atoms with Gasteiger partial charge >= 0.3 is 0 Å². The van der Waals surface area contributed by atoms with E-state index in [1.165, 1.54) is 63.9 Å². The average Bonchev–Trinajstić information content (AvgIpc) is 3.13. The Labute approximate surface area is 172 Å². The van der Waals surface area contributed by atoms with E-state index >= 15 is 0 Å². The number of hydrogen-bond acceptors (Lipinski definition) is 2. The first-order valence-electron chi connectivity index (χ1n) is 10.6. The fourth-order valence-electron chi connectivity index (χ4n) is 4.41. The van der Waals surface area contributed by atoms with Crippen LogP contribution in [0.25, 0.3) is 22.2 Å². The van der Waals surface area contributed by atoms with Gasteiger partial charge in [-0.2, -0.15) is 0 Å². The second-order valence-electron chi connectivity index (χ2n) is 7.82. The molecule has 3 N–H and O–H groups in total. The predicted molar refractivity (Wildman–Crippen MR) is 124 cm³/mol. The molecule has 3 nitrogen and oxygen atoms in total. The molecule has 0 saturated heterocycles.